The second-order valence-corrected chi connectivity index (χ2v) is 6.09. The largest absolute Gasteiger partial charge is 0.348 e. The van der Waals surface area contributed by atoms with Crippen LogP contribution in [0.5, 0.6) is 0 Å². The van der Waals surface area contributed by atoms with Crippen LogP contribution >= 0.6 is 0 Å². The van der Waals surface area contributed by atoms with Gasteiger partial charge in [-0.2, -0.15) is 5.10 Å². The molecule has 1 heterocycles. The summed E-state index contributed by atoms with van der Waals surface area (Å²) in [5, 5.41) is 7.37. The van der Waals surface area contributed by atoms with Crippen LogP contribution in [0, 0.1) is 6.92 Å². The second kappa shape index (κ2) is 8.30. The van der Waals surface area contributed by atoms with E-state index >= 15 is 0 Å². The van der Waals surface area contributed by atoms with Crippen LogP contribution in [0.3, 0.4) is 0 Å². The molecular formula is C22H23N3O. The van der Waals surface area contributed by atoms with E-state index in [2.05, 4.69) is 17.3 Å². The van der Waals surface area contributed by atoms with Crippen molar-refractivity contribution >= 4 is 17.6 Å². The zero-order chi connectivity index (χ0) is 18.4. The van der Waals surface area contributed by atoms with Gasteiger partial charge in [-0.05, 0) is 31.1 Å². The Hall–Kier alpha value is -3.14. The smallest absolute Gasteiger partial charge is 0.252 e. The molecule has 3 aromatic rings. The molecule has 1 N–H and O–H groups in total. The molecule has 0 aliphatic carbocycles. The molecule has 0 saturated heterocycles. The fourth-order valence-corrected chi connectivity index (χ4v) is 2.86. The minimum Gasteiger partial charge on any atom is -0.348 e. The van der Waals surface area contributed by atoms with E-state index in [4.69, 9.17) is 0 Å². The Morgan fingerprint density at radius 2 is 1.73 bits per heavy atom. The first kappa shape index (κ1) is 17.7. The van der Waals surface area contributed by atoms with Crippen molar-refractivity contribution in [1.82, 2.24) is 15.1 Å². The predicted molar refractivity (Wildman–Crippen MR) is 105 cm³/mol. The number of hydrogen-bond acceptors (Lipinski definition) is 2. The summed E-state index contributed by atoms with van der Waals surface area (Å²) in [7, 11) is 0. The molecule has 0 unspecified atom stereocenters. The molecule has 4 heteroatoms. The molecule has 4 nitrogen and oxygen atoms in total. The van der Waals surface area contributed by atoms with Crippen LogP contribution in [-0.2, 0) is 17.9 Å². The van der Waals surface area contributed by atoms with E-state index in [0.29, 0.717) is 12.1 Å². The average molecular weight is 345 g/mol. The van der Waals surface area contributed by atoms with Crippen molar-refractivity contribution in [3.05, 3.63) is 89.2 Å². The highest BCUT2D eigenvalue weighted by molar-refractivity contribution is 6.24. The van der Waals surface area contributed by atoms with Crippen molar-refractivity contribution in [3.8, 4) is 0 Å². The van der Waals surface area contributed by atoms with Gasteiger partial charge in [-0.3, -0.25) is 9.48 Å². The summed E-state index contributed by atoms with van der Waals surface area (Å²) in [4.78, 5) is 12.9. The molecule has 0 aliphatic rings. The molecule has 0 radical (unpaired) electrons. The van der Waals surface area contributed by atoms with Crippen molar-refractivity contribution in [3.63, 3.8) is 0 Å². The van der Waals surface area contributed by atoms with Gasteiger partial charge in [0.1, 0.15) is 0 Å². The minimum absolute atomic E-state index is 0.0938. The number of carbonyl (C=O) groups is 1. The molecule has 3 rings (SSSR count). The van der Waals surface area contributed by atoms with E-state index in [9.17, 15) is 4.79 Å². The average Bonchev–Trinajstić information content (AvgIpc) is 3.05. The molecule has 132 valence electrons. The third-order valence-corrected chi connectivity index (χ3v) is 4.38. The Balaban J connectivity index is 1.83. The summed E-state index contributed by atoms with van der Waals surface area (Å²) in [6.07, 6.45) is 3.75. The third kappa shape index (κ3) is 4.09. The van der Waals surface area contributed by atoms with Gasteiger partial charge in [0.05, 0.1) is 6.20 Å². The summed E-state index contributed by atoms with van der Waals surface area (Å²) < 4.78 is 1.93. The number of amides is 1. The number of nitrogens with one attached hydrogen (secondary N) is 1. The zero-order valence-corrected chi connectivity index (χ0v) is 15.1. The monoisotopic (exact) mass is 345 g/mol. The highest BCUT2D eigenvalue weighted by atomic mass is 16.1. The number of rotatable bonds is 6. The van der Waals surface area contributed by atoms with Gasteiger partial charge in [-0.1, -0.05) is 60.7 Å². The zero-order valence-electron chi connectivity index (χ0n) is 15.1. The quantitative estimate of drug-likeness (QED) is 0.541. The van der Waals surface area contributed by atoms with E-state index in [-0.39, 0.29) is 5.91 Å². The number of aromatic nitrogens is 2. The fraction of sp³-hybridized carbons (Fsp3) is 0.182. The van der Waals surface area contributed by atoms with Crippen molar-refractivity contribution in [2.45, 2.75) is 26.9 Å². The lowest BCUT2D eigenvalue weighted by molar-refractivity contribution is -0.115. The normalized spacial score (nSPS) is 11.4. The summed E-state index contributed by atoms with van der Waals surface area (Å²) in [5.41, 5.74) is 4.66. The van der Waals surface area contributed by atoms with Gasteiger partial charge in [0, 0.05) is 29.9 Å². The van der Waals surface area contributed by atoms with Crippen molar-refractivity contribution in [2.75, 3.05) is 0 Å². The van der Waals surface area contributed by atoms with Crippen LogP contribution in [0.2, 0.25) is 0 Å². The molecule has 26 heavy (non-hydrogen) atoms. The highest BCUT2D eigenvalue weighted by Gasteiger charge is 2.13. The number of aryl methyl sites for hydroxylation is 1. The highest BCUT2D eigenvalue weighted by Crippen LogP contribution is 2.19. The lowest BCUT2D eigenvalue weighted by Crippen LogP contribution is -2.24. The van der Waals surface area contributed by atoms with Crippen LogP contribution in [0.1, 0.15) is 29.3 Å². The number of nitrogens with zero attached hydrogens (tertiary/aromatic N) is 2. The molecule has 0 fully saturated rings. The first-order valence-corrected chi connectivity index (χ1v) is 8.80. The van der Waals surface area contributed by atoms with Gasteiger partial charge >= 0.3 is 0 Å². The van der Waals surface area contributed by atoms with Crippen LogP contribution in [0.4, 0.5) is 0 Å². The topological polar surface area (TPSA) is 46.9 Å². The second-order valence-electron chi connectivity index (χ2n) is 6.09. The molecule has 2 aromatic carbocycles. The number of carbonyl (C=O) groups excluding carboxylic acids is 1. The predicted octanol–water partition coefficient (Wildman–Crippen LogP) is 4.07. The van der Waals surface area contributed by atoms with Crippen molar-refractivity contribution in [2.24, 2.45) is 0 Å². The SMILES string of the molecule is CCn1ncc(CNC(=O)/C(=C/c2ccccc2)c2ccccc2)c1C. The van der Waals surface area contributed by atoms with Crippen molar-refractivity contribution < 1.29 is 4.79 Å². The van der Waals surface area contributed by atoms with Crippen LogP contribution in [0.25, 0.3) is 11.6 Å². The summed E-state index contributed by atoms with van der Waals surface area (Å²) in [6.45, 7) is 5.36. The fourth-order valence-electron chi connectivity index (χ4n) is 2.86. The van der Waals surface area contributed by atoms with E-state index < -0.39 is 0 Å². The maximum Gasteiger partial charge on any atom is 0.252 e. The van der Waals surface area contributed by atoms with Crippen LogP contribution in [0.15, 0.2) is 66.9 Å². The van der Waals surface area contributed by atoms with E-state index in [1.54, 1.807) is 0 Å². The van der Waals surface area contributed by atoms with E-state index in [0.717, 1.165) is 28.9 Å². The lowest BCUT2D eigenvalue weighted by Gasteiger charge is -2.10. The molecule has 0 spiro atoms. The first-order chi connectivity index (χ1) is 12.7. The molecule has 0 saturated carbocycles. The number of benzene rings is 2. The molecule has 1 amide bonds. The maximum atomic E-state index is 12.9. The Labute approximate surface area is 154 Å². The van der Waals surface area contributed by atoms with Gasteiger partial charge in [-0.15, -0.1) is 0 Å². The Bertz CT molecular complexity index is 896. The van der Waals surface area contributed by atoms with Gasteiger partial charge in [-0.25, -0.2) is 0 Å². The summed E-state index contributed by atoms with van der Waals surface area (Å²) >= 11 is 0. The van der Waals surface area contributed by atoms with Crippen LogP contribution < -0.4 is 5.32 Å². The van der Waals surface area contributed by atoms with E-state index in [1.165, 1.54) is 0 Å². The first-order valence-electron chi connectivity index (χ1n) is 8.80. The van der Waals surface area contributed by atoms with E-state index in [1.807, 2.05) is 84.5 Å². The van der Waals surface area contributed by atoms with Crippen molar-refractivity contribution in [1.29, 1.82) is 0 Å². The van der Waals surface area contributed by atoms with Gasteiger partial charge in [0.15, 0.2) is 0 Å². The molecule has 0 aliphatic heterocycles. The molecule has 0 atom stereocenters. The Morgan fingerprint density at radius 3 is 2.35 bits per heavy atom. The standard InChI is InChI=1S/C22H23N3O/c1-3-25-17(2)20(16-24-25)15-23-22(26)21(19-12-8-5-9-13-19)14-18-10-6-4-7-11-18/h4-14,16H,3,15H2,1-2H3,(H,23,26)/b21-14+. The molecular weight excluding hydrogens is 322 g/mol. The maximum absolute atomic E-state index is 12.9. The molecule has 1 aromatic heterocycles. The third-order valence-electron chi connectivity index (χ3n) is 4.38. The minimum atomic E-state index is -0.0938. The Kier molecular flexibility index (Phi) is 5.64. The summed E-state index contributed by atoms with van der Waals surface area (Å²) in [5.74, 6) is -0.0938. The lowest BCUT2D eigenvalue weighted by atomic mass is 10.0. The van der Waals surface area contributed by atoms with Crippen LogP contribution in [-0.4, -0.2) is 15.7 Å². The molecule has 0 bridgehead atoms. The number of hydrogen-bond donors (Lipinski definition) is 1. The Morgan fingerprint density at radius 1 is 1.08 bits per heavy atom. The van der Waals surface area contributed by atoms with Gasteiger partial charge in [0.2, 0.25) is 0 Å². The van der Waals surface area contributed by atoms with Gasteiger partial charge in [0.25, 0.3) is 5.91 Å². The summed E-state index contributed by atoms with van der Waals surface area (Å²) in [6, 6.07) is 19.6. The van der Waals surface area contributed by atoms with Gasteiger partial charge < -0.3 is 5.32 Å².